The van der Waals surface area contributed by atoms with Crippen molar-refractivity contribution >= 4 is 17.5 Å². The third-order valence-corrected chi connectivity index (χ3v) is 5.68. The highest BCUT2D eigenvalue weighted by molar-refractivity contribution is 6.02. The number of carbonyl (C=O) groups excluding carboxylic acids is 2. The first-order valence-corrected chi connectivity index (χ1v) is 10.4. The molecule has 0 aliphatic carbocycles. The van der Waals surface area contributed by atoms with E-state index in [0.717, 1.165) is 38.3 Å². The number of nitrogens with one attached hydrogen (secondary N) is 1. The first-order chi connectivity index (χ1) is 14.6. The topological polar surface area (TPSA) is 65.1 Å². The zero-order valence-corrected chi connectivity index (χ0v) is 17.3. The number of benzene rings is 2. The highest BCUT2D eigenvalue weighted by Gasteiger charge is 2.28. The Labute approximate surface area is 177 Å². The molecule has 2 aliphatic rings. The molecule has 7 heteroatoms. The lowest BCUT2D eigenvalue weighted by atomic mass is 10.1. The molecule has 0 spiro atoms. The van der Waals surface area contributed by atoms with E-state index in [1.54, 1.807) is 6.07 Å². The Morgan fingerprint density at radius 2 is 1.73 bits per heavy atom. The summed E-state index contributed by atoms with van der Waals surface area (Å²) in [4.78, 5) is 31.6. The van der Waals surface area contributed by atoms with E-state index >= 15 is 0 Å². The number of anilines is 1. The average molecular weight is 409 g/mol. The van der Waals surface area contributed by atoms with Gasteiger partial charge >= 0.3 is 0 Å². The third kappa shape index (κ3) is 4.80. The molecule has 1 atom stereocenters. The molecule has 2 aromatic carbocycles. The van der Waals surface area contributed by atoms with E-state index in [-0.39, 0.29) is 31.0 Å². The molecule has 2 aromatic rings. The highest BCUT2D eigenvalue weighted by Crippen LogP contribution is 2.31. The monoisotopic (exact) mass is 408 g/mol. The van der Waals surface area contributed by atoms with Crippen LogP contribution in [0.1, 0.15) is 11.6 Å². The van der Waals surface area contributed by atoms with Crippen molar-refractivity contribution in [1.82, 2.24) is 15.1 Å². The van der Waals surface area contributed by atoms with Crippen molar-refractivity contribution in [3.05, 3.63) is 60.2 Å². The quantitative estimate of drug-likeness (QED) is 0.785. The van der Waals surface area contributed by atoms with Gasteiger partial charge in [-0.2, -0.15) is 0 Å². The Kier molecular flexibility index (Phi) is 6.30. The van der Waals surface area contributed by atoms with Gasteiger partial charge in [0.2, 0.25) is 5.91 Å². The van der Waals surface area contributed by atoms with Crippen LogP contribution in [-0.2, 0) is 9.59 Å². The second-order valence-electron chi connectivity index (χ2n) is 7.87. The minimum absolute atomic E-state index is 0.0225. The van der Waals surface area contributed by atoms with Gasteiger partial charge in [-0.1, -0.05) is 42.5 Å². The fourth-order valence-corrected chi connectivity index (χ4v) is 3.92. The second-order valence-corrected chi connectivity index (χ2v) is 7.87. The molecular weight excluding hydrogens is 380 g/mol. The number of likely N-dealkylation sites (N-methyl/N-ethyl adjacent to an activating group) is 1. The molecule has 0 aromatic heterocycles. The van der Waals surface area contributed by atoms with Gasteiger partial charge in [-0.05, 0) is 24.7 Å². The molecule has 7 nitrogen and oxygen atoms in total. The van der Waals surface area contributed by atoms with Crippen molar-refractivity contribution in [1.29, 1.82) is 0 Å². The molecule has 158 valence electrons. The summed E-state index contributed by atoms with van der Waals surface area (Å²) >= 11 is 0. The van der Waals surface area contributed by atoms with Gasteiger partial charge in [0.15, 0.2) is 6.61 Å². The predicted molar refractivity (Wildman–Crippen MR) is 116 cm³/mol. The van der Waals surface area contributed by atoms with Crippen LogP contribution in [0.2, 0.25) is 0 Å². The lowest BCUT2D eigenvalue weighted by Crippen LogP contribution is -2.49. The summed E-state index contributed by atoms with van der Waals surface area (Å²) < 4.78 is 5.47. The van der Waals surface area contributed by atoms with Gasteiger partial charge in [-0.3, -0.25) is 19.4 Å². The van der Waals surface area contributed by atoms with E-state index in [1.807, 2.05) is 48.5 Å². The van der Waals surface area contributed by atoms with Gasteiger partial charge in [-0.25, -0.2) is 0 Å². The Balaban J connectivity index is 1.46. The Bertz CT molecular complexity index is 881. The summed E-state index contributed by atoms with van der Waals surface area (Å²) in [5.74, 6) is 0.240. The molecule has 4 rings (SSSR count). The second kappa shape index (κ2) is 9.28. The Morgan fingerprint density at radius 1 is 1.03 bits per heavy atom. The fraction of sp³-hybridized carbons (Fsp3) is 0.391. The zero-order valence-electron chi connectivity index (χ0n) is 17.3. The number of fused-ring (bicyclic) bond motifs is 1. The van der Waals surface area contributed by atoms with E-state index in [1.165, 1.54) is 4.90 Å². The summed E-state index contributed by atoms with van der Waals surface area (Å²) in [6.07, 6.45) is 0. The summed E-state index contributed by atoms with van der Waals surface area (Å²) in [7, 11) is 2.13. The summed E-state index contributed by atoms with van der Waals surface area (Å²) in [6.45, 7) is 4.68. The van der Waals surface area contributed by atoms with Gasteiger partial charge in [0.25, 0.3) is 5.91 Å². The van der Waals surface area contributed by atoms with Crippen LogP contribution in [0.15, 0.2) is 54.6 Å². The maximum atomic E-state index is 13.0. The van der Waals surface area contributed by atoms with Gasteiger partial charge in [-0.15, -0.1) is 0 Å². The van der Waals surface area contributed by atoms with Crippen LogP contribution in [0.4, 0.5) is 5.69 Å². The molecule has 1 N–H and O–H groups in total. The zero-order chi connectivity index (χ0) is 20.9. The van der Waals surface area contributed by atoms with E-state index < -0.39 is 0 Å². The minimum atomic E-state index is -0.209. The molecule has 2 amide bonds. The van der Waals surface area contributed by atoms with Crippen LogP contribution in [-0.4, -0.2) is 74.5 Å². The number of ether oxygens (including phenoxy) is 1. The van der Waals surface area contributed by atoms with Crippen LogP contribution in [0.3, 0.4) is 0 Å². The average Bonchev–Trinajstić information content (AvgIpc) is 2.77. The van der Waals surface area contributed by atoms with Gasteiger partial charge < -0.3 is 15.0 Å². The molecule has 0 radical (unpaired) electrons. The van der Waals surface area contributed by atoms with Crippen molar-refractivity contribution in [3.63, 3.8) is 0 Å². The van der Waals surface area contributed by atoms with Crippen LogP contribution in [0, 0.1) is 0 Å². The van der Waals surface area contributed by atoms with Crippen molar-refractivity contribution in [2.75, 3.05) is 57.8 Å². The molecule has 0 saturated carbocycles. The molecule has 1 fully saturated rings. The smallest absolute Gasteiger partial charge is 0.265 e. The maximum absolute atomic E-state index is 13.0. The largest absolute Gasteiger partial charge is 0.482 e. The molecular formula is C23H28N4O3. The molecule has 30 heavy (non-hydrogen) atoms. The molecule has 1 unspecified atom stereocenters. The Morgan fingerprint density at radius 3 is 2.50 bits per heavy atom. The lowest BCUT2D eigenvalue weighted by Gasteiger charge is -2.35. The van der Waals surface area contributed by atoms with Crippen LogP contribution in [0.25, 0.3) is 0 Å². The van der Waals surface area contributed by atoms with Crippen molar-refractivity contribution in [2.24, 2.45) is 0 Å². The standard InChI is InChI=1S/C23H28N4O3/c1-25-11-13-26(14-12-25)15-19(18-7-3-2-4-8-18)24-22(28)16-27-20-9-5-6-10-21(20)30-17-23(27)29/h2-10,19H,11-17H2,1H3,(H,24,28). The van der Waals surface area contributed by atoms with Gasteiger partial charge in [0.1, 0.15) is 12.3 Å². The highest BCUT2D eigenvalue weighted by atomic mass is 16.5. The van der Waals surface area contributed by atoms with Crippen LogP contribution in [0.5, 0.6) is 5.75 Å². The van der Waals surface area contributed by atoms with E-state index in [4.69, 9.17) is 4.74 Å². The molecule has 0 bridgehead atoms. The summed E-state index contributed by atoms with van der Waals surface area (Å²) in [5.41, 5.74) is 1.71. The van der Waals surface area contributed by atoms with Crippen molar-refractivity contribution in [3.8, 4) is 5.75 Å². The van der Waals surface area contributed by atoms with Crippen LogP contribution >= 0.6 is 0 Å². The maximum Gasteiger partial charge on any atom is 0.265 e. The van der Waals surface area contributed by atoms with Gasteiger partial charge in [0, 0.05) is 32.7 Å². The van der Waals surface area contributed by atoms with Crippen molar-refractivity contribution < 1.29 is 14.3 Å². The first-order valence-electron chi connectivity index (χ1n) is 10.4. The van der Waals surface area contributed by atoms with Crippen molar-refractivity contribution in [2.45, 2.75) is 6.04 Å². The minimum Gasteiger partial charge on any atom is -0.482 e. The normalized spacial score (nSPS) is 18.4. The van der Waals surface area contributed by atoms with Gasteiger partial charge in [0.05, 0.1) is 11.7 Å². The number of nitrogens with zero attached hydrogens (tertiary/aromatic N) is 3. The number of hydrogen-bond donors (Lipinski definition) is 1. The molecule has 1 saturated heterocycles. The number of hydrogen-bond acceptors (Lipinski definition) is 5. The molecule has 2 aliphatic heterocycles. The predicted octanol–water partition coefficient (Wildman–Crippen LogP) is 1.52. The molecule has 2 heterocycles. The summed E-state index contributed by atoms with van der Waals surface area (Å²) in [5, 5.41) is 3.16. The Hall–Kier alpha value is -2.90. The number of rotatable bonds is 6. The number of piperazine rings is 1. The van der Waals surface area contributed by atoms with E-state index in [0.29, 0.717) is 11.4 Å². The summed E-state index contributed by atoms with van der Waals surface area (Å²) in [6, 6.07) is 17.2. The number of para-hydroxylation sites is 2. The SMILES string of the molecule is CN1CCN(CC(NC(=O)CN2C(=O)COc3ccccc32)c2ccccc2)CC1. The first kappa shape index (κ1) is 20.4. The fourth-order valence-electron chi connectivity index (χ4n) is 3.92. The van der Waals surface area contributed by atoms with Crippen LogP contribution < -0.4 is 15.0 Å². The number of amides is 2. The third-order valence-electron chi connectivity index (χ3n) is 5.68. The lowest BCUT2D eigenvalue weighted by molar-refractivity contribution is -0.125. The van der Waals surface area contributed by atoms with E-state index in [2.05, 4.69) is 22.2 Å². The van der Waals surface area contributed by atoms with E-state index in [9.17, 15) is 9.59 Å². The number of carbonyl (C=O) groups is 2.